The molecule has 7 unspecified atom stereocenters. The van der Waals surface area contributed by atoms with Crippen LogP contribution in [0.5, 0.6) is 0 Å². The monoisotopic (exact) mass is 421 g/mol. The Bertz CT molecular complexity index is 755. The summed E-state index contributed by atoms with van der Waals surface area (Å²) in [4.78, 5) is 4.77. The van der Waals surface area contributed by atoms with Gasteiger partial charge in [-0.15, -0.1) is 0 Å². The van der Waals surface area contributed by atoms with Crippen molar-refractivity contribution in [3.8, 4) is 0 Å². The third-order valence-electron chi connectivity index (χ3n) is 11.2. The van der Waals surface area contributed by atoms with E-state index in [9.17, 15) is 0 Å². The van der Waals surface area contributed by atoms with Gasteiger partial charge in [0.25, 0.3) is 0 Å². The van der Waals surface area contributed by atoms with Gasteiger partial charge in [-0.1, -0.05) is 65.4 Å². The number of hydrogen-bond acceptors (Lipinski definition) is 1. The van der Waals surface area contributed by atoms with Gasteiger partial charge >= 0.3 is 0 Å². The maximum absolute atomic E-state index is 4.77. The molecule has 0 saturated heterocycles. The van der Waals surface area contributed by atoms with Crippen LogP contribution in [-0.4, -0.2) is 4.98 Å². The molecular weight excluding hydrogens is 374 g/mol. The van der Waals surface area contributed by atoms with Gasteiger partial charge in [-0.25, -0.2) is 0 Å². The minimum Gasteiger partial charge on any atom is -0.261 e. The third-order valence-corrected chi connectivity index (χ3v) is 11.2. The fourth-order valence-corrected chi connectivity index (χ4v) is 9.36. The Kier molecular flexibility index (Phi) is 6.26. The molecule has 4 aliphatic carbocycles. The second-order valence-electron chi connectivity index (χ2n) is 12.5. The number of unbranched alkanes of at least 4 members (excludes halogenated alkanes) is 5. The molecule has 1 heteroatoms. The van der Waals surface area contributed by atoms with Gasteiger partial charge in [0, 0.05) is 11.9 Å². The average Bonchev–Trinajstić information content (AvgIpc) is 3.11. The topological polar surface area (TPSA) is 12.9 Å². The standard InChI is InChI=1S/C30H47N/c1-4-5-6-7-8-9-12-23-14-16-26-25-15-13-24-20-28-22(11-10-19-31-28)21-30(24,3)27(25)17-18-29(23,26)2/h10-11,19,23-27H,4-9,12-18,20-21H2,1-3H3. The molecule has 0 radical (unpaired) electrons. The predicted octanol–water partition coefficient (Wildman–Crippen LogP) is 8.41. The molecule has 1 aromatic rings. The number of aromatic nitrogens is 1. The summed E-state index contributed by atoms with van der Waals surface area (Å²) in [6.45, 7) is 7.75. The van der Waals surface area contributed by atoms with E-state index >= 15 is 0 Å². The zero-order chi connectivity index (χ0) is 21.5. The van der Waals surface area contributed by atoms with Crippen LogP contribution >= 0.6 is 0 Å². The average molecular weight is 422 g/mol. The van der Waals surface area contributed by atoms with Crippen molar-refractivity contribution < 1.29 is 0 Å². The summed E-state index contributed by atoms with van der Waals surface area (Å²) in [6, 6.07) is 4.55. The quantitative estimate of drug-likeness (QED) is 0.403. The number of fused-ring (bicyclic) bond motifs is 6. The molecule has 3 saturated carbocycles. The van der Waals surface area contributed by atoms with Crippen LogP contribution < -0.4 is 0 Å². The molecule has 1 aromatic heterocycles. The van der Waals surface area contributed by atoms with Crippen molar-refractivity contribution in [1.29, 1.82) is 0 Å². The summed E-state index contributed by atoms with van der Waals surface area (Å²) in [5, 5.41) is 0. The van der Waals surface area contributed by atoms with E-state index in [-0.39, 0.29) is 0 Å². The number of nitrogens with zero attached hydrogens (tertiary/aromatic N) is 1. The molecule has 0 aliphatic heterocycles. The van der Waals surface area contributed by atoms with E-state index in [0.717, 1.165) is 29.6 Å². The van der Waals surface area contributed by atoms with Crippen molar-refractivity contribution in [2.24, 2.45) is 40.4 Å². The summed E-state index contributed by atoms with van der Waals surface area (Å²) in [5.74, 6) is 4.88. The summed E-state index contributed by atoms with van der Waals surface area (Å²) >= 11 is 0. The summed E-state index contributed by atoms with van der Waals surface area (Å²) in [6.07, 6.45) is 23.9. The lowest BCUT2D eigenvalue weighted by Crippen LogP contribution is -2.54. The van der Waals surface area contributed by atoms with Gasteiger partial charge in [0.1, 0.15) is 0 Å². The van der Waals surface area contributed by atoms with Crippen LogP contribution in [0.3, 0.4) is 0 Å². The fraction of sp³-hybridized carbons (Fsp3) is 0.833. The zero-order valence-electron chi connectivity index (χ0n) is 20.7. The van der Waals surface area contributed by atoms with E-state index in [1.54, 1.807) is 5.56 Å². The molecule has 31 heavy (non-hydrogen) atoms. The highest BCUT2D eigenvalue weighted by atomic mass is 14.7. The van der Waals surface area contributed by atoms with Crippen LogP contribution in [0, 0.1) is 40.4 Å². The zero-order valence-corrected chi connectivity index (χ0v) is 20.7. The number of hydrogen-bond donors (Lipinski definition) is 0. The molecule has 4 aliphatic rings. The molecule has 1 heterocycles. The van der Waals surface area contributed by atoms with Gasteiger partial charge in [-0.2, -0.15) is 0 Å². The first-order chi connectivity index (χ1) is 15.1. The van der Waals surface area contributed by atoms with Crippen molar-refractivity contribution in [3.63, 3.8) is 0 Å². The molecule has 3 fully saturated rings. The third kappa shape index (κ3) is 3.80. The van der Waals surface area contributed by atoms with Crippen LogP contribution in [-0.2, 0) is 12.8 Å². The van der Waals surface area contributed by atoms with E-state index in [1.807, 2.05) is 6.20 Å². The Morgan fingerprint density at radius 3 is 2.58 bits per heavy atom. The molecule has 0 spiro atoms. The normalized spacial score (nSPS) is 41.2. The van der Waals surface area contributed by atoms with Gasteiger partial charge in [0.2, 0.25) is 0 Å². The second kappa shape index (κ2) is 8.83. The van der Waals surface area contributed by atoms with Crippen LogP contribution in [0.2, 0.25) is 0 Å². The lowest BCUT2D eigenvalue weighted by atomic mass is 9.44. The minimum absolute atomic E-state index is 0.525. The number of rotatable bonds is 7. The molecule has 0 aromatic carbocycles. The molecular formula is C30H47N. The van der Waals surface area contributed by atoms with Crippen LogP contribution in [0.1, 0.15) is 115 Å². The van der Waals surface area contributed by atoms with E-state index in [1.165, 1.54) is 102 Å². The van der Waals surface area contributed by atoms with Gasteiger partial charge in [-0.3, -0.25) is 4.98 Å². The van der Waals surface area contributed by atoms with E-state index in [2.05, 4.69) is 32.9 Å². The fourth-order valence-electron chi connectivity index (χ4n) is 9.36. The Morgan fingerprint density at radius 2 is 1.71 bits per heavy atom. The smallest absolute Gasteiger partial charge is 0.0438 e. The maximum atomic E-state index is 4.77. The molecule has 1 nitrogen and oxygen atoms in total. The molecule has 7 atom stereocenters. The summed E-state index contributed by atoms with van der Waals surface area (Å²) < 4.78 is 0. The summed E-state index contributed by atoms with van der Waals surface area (Å²) in [7, 11) is 0. The van der Waals surface area contributed by atoms with Gasteiger partial charge < -0.3 is 0 Å². The first-order valence-electron chi connectivity index (χ1n) is 14.0. The largest absolute Gasteiger partial charge is 0.261 e. The van der Waals surface area contributed by atoms with Crippen molar-refractivity contribution in [1.82, 2.24) is 4.98 Å². The minimum atomic E-state index is 0.525. The predicted molar refractivity (Wildman–Crippen MR) is 131 cm³/mol. The second-order valence-corrected chi connectivity index (χ2v) is 12.5. The lowest BCUT2D eigenvalue weighted by molar-refractivity contribution is -0.0997. The maximum Gasteiger partial charge on any atom is 0.0438 e. The van der Waals surface area contributed by atoms with Crippen molar-refractivity contribution in [2.45, 2.75) is 117 Å². The SMILES string of the molecule is CCCCCCCCC1CCC2C3CCC4Cc5ncccc5CC4(C)C3CCC12C. The highest BCUT2D eigenvalue weighted by Crippen LogP contribution is 2.67. The Labute approximate surface area is 192 Å². The van der Waals surface area contributed by atoms with Gasteiger partial charge in [0.05, 0.1) is 0 Å². The van der Waals surface area contributed by atoms with Gasteiger partial charge in [-0.05, 0) is 110 Å². The van der Waals surface area contributed by atoms with Crippen molar-refractivity contribution >= 4 is 0 Å². The first kappa shape index (κ1) is 22.0. The molecule has 172 valence electrons. The Balaban J connectivity index is 1.26. The highest BCUT2D eigenvalue weighted by molar-refractivity contribution is 5.27. The molecule has 0 amide bonds. The van der Waals surface area contributed by atoms with Crippen molar-refractivity contribution in [3.05, 3.63) is 29.6 Å². The Hall–Kier alpha value is -0.850. The first-order valence-corrected chi connectivity index (χ1v) is 14.0. The molecule has 0 bridgehead atoms. The molecule has 0 N–H and O–H groups in total. The van der Waals surface area contributed by atoms with E-state index in [4.69, 9.17) is 4.98 Å². The van der Waals surface area contributed by atoms with Crippen LogP contribution in [0.15, 0.2) is 18.3 Å². The Morgan fingerprint density at radius 1 is 0.903 bits per heavy atom. The molecule has 5 rings (SSSR count). The van der Waals surface area contributed by atoms with Crippen molar-refractivity contribution in [2.75, 3.05) is 0 Å². The highest BCUT2D eigenvalue weighted by Gasteiger charge is 2.59. The lowest BCUT2D eigenvalue weighted by Gasteiger charge is -2.60. The number of pyridine rings is 1. The van der Waals surface area contributed by atoms with Crippen LogP contribution in [0.4, 0.5) is 0 Å². The van der Waals surface area contributed by atoms with Gasteiger partial charge in [0.15, 0.2) is 0 Å². The van der Waals surface area contributed by atoms with E-state index in [0.29, 0.717) is 10.8 Å². The summed E-state index contributed by atoms with van der Waals surface area (Å²) in [5.41, 5.74) is 4.17. The van der Waals surface area contributed by atoms with E-state index < -0.39 is 0 Å². The van der Waals surface area contributed by atoms with Crippen LogP contribution in [0.25, 0.3) is 0 Å².